The molecule has 1 heterocycles. The number of nitro benzene ring substituents is 1. The SMILES string of the molecule is CC1(C)C(=O)N(c2ccc([N+](=O)[O-])c(C(F)(F)F)c2)C(=O)N1CCCCCCCCCCSCCCC(F)(F)C(F)(F)F. The maximum absolute atomic E-state index is 13.4. The summed E-state index contributed by atoms with van der Waals surface area (Å²) in [5.41, 5.74) is -4.46. The summed E-state index contributed by atoms with van der Waals surface area (Å²) in [5.74, 6) is -4.46. The van der Waals surface area contributed by atoms with Gasteiger partial charge in [-0.05, 0) is 56.7 Å². The Balaban J connectivity index is 1.70. The van der Waals surface area contributed by atoms with Crippen molar-refractivity contribution in [1.29, 1.82) is 0 Å². The molecule has 1 aromatic rings. The summed E-state index contributed by atoms with van der Waals surface area (Å²) in [5, 5.41) is 11.0. The average molecular weight is 650 g/mol. The predicted octanol–water partition coefficient (Wildman–Crippen LogP) is 8.99. The molecule has 244 valence electrons. The fraction of sp³-hybridized carbons (Fsp3) is 0.704. The molecule has 0 spiro atoms. The van der Waals surface area contributed by atoms with Crippen molar-refractivity contribution in [2.45, 2.75) is 102 Å². The second-order valence-electron chi connectivity index (χ2n) is 10.8. The number of carbonyl (C=O) groups excluding carboxylic acids is 2. The summed E-state index contributed by atoms with van der Waals surface area (Å²) in [6.45, 7) is 3.16. The highest BCUT2D eigenvalue weighted by Crippen LogP contribution is 2.41. The molecule has 1 aromatic carbocycles. The van der Waals surface area contributed by atoms with E-state index in [1.165, 1.54) is 30.5 Å². The zero-order valence-electron chi connectivity index (χ0n) is 23.8. The van der Waals surface area contributed by atoms with E-state index >= 15 is 0 Å². The van der Waals surface area contributed by atoms with Gasteiger partial charge in [-0.1, -0.05) is 38.5 Å². The van der Waals surface area contributed by atoms with Crippen LogP contribution in [0.2, 0.25) is 0 Å². The van der Waals surface area contributed by atoms with Gasteiger partial charge in [0.1, 0.15) is 11.1 Å². The highest BCUT2D eigenvalue weighted by molar-refractivity contribution is 7.99. The first-order chi connectivity index (χ1) is 19.8. The van der Waals surface area contributed by atoms with Crippen LogP contribution in [0.25, 0.3) is 0 Å². The Kier molecular flexibility index (Phi) is 12.7. The van der Waals surface area contributed by atoms with Crippen LogP contribution in [-0.2, 0) is 11.0 Å². The van der Waals surface area contributed by atoms with Gasteiger partial charge in [-0.15, -0.1) is 0 Å². The summed E-state index contributed by atoms with van der Waals surface area (Å²) >= 11 is 1.36. The van der Waals surface area contributed by atoms with Gasteiger partial charge in [-0.3, -0.25) is 14.9 Å². The number of rotatable bonds is 17. The van der Waals surface area contributed by atoms with Crippen molar-refractivity contribution in [3.8, 4) is 0 Å². The third-order valence-electron chi connectivity index (χ3n) is 7.18. The first-order valence-corrected chi connectivity index (χ1v) is 15.0. The molecular weight excluding hydrogens is 614 g/mol. The lowest BCUT2D eigenvalue weighted by atomic mass is 10.0. The molecule has 0 aliphatic carbocycles. The van der Waals surface area contributed by atoms with E-state index < -0.39 is 64.0 Å². The number of carbonyl (C=O) groups is 2. The minimum absolute atomic E-state index is 0.194. The average Bonchev–Trinajstić information content (AvgIpc) is 3.05. The van der Waals surface area contributed by atoms with Gasteiger partial charge in [0.25, 0.3) is 11.6 Å². The lowest BCUT2D eigenvalue weighted by Gasteiger charge is -2.27. The van der Waals surface area contributed by atoms with Crippen LogP contribution in [0.3, 0.4) is 0 Å². The second kappa shape index (κ2) is 14.9. The molecule has 0 unspecified atom stereocenters. The quantitative estimate of drug-likeness (QED) is 0.0553. The molecule has 2 rings (SSSR count). The molecule has 43 heavy (non-hydrogen) atoms. The number of unbranched alkanes of at least 4 members (excludes halogenated alkanes) is 7. The van der Waals surface area contributed by atoms with Crippen LogP contribution < -0.4 is 4.90 Å². The smallest absolute Gasteiger partial charge is 0.310 e. The summed E-state index contributed by atoms with van der Waals surface area (Å²) in [6.07, 6.45) is -5.35. The number of benzene rings is 1. The van der Waals surface area contributed by atoms with E-state index in [9.17, 15) is 54.8 Å². The third-order valence-corrected chi connectivity index (χ3v) is 8.33. The van der Waals surface area contributed by atoms with Crippen molar-refractivity contribution in [1.82, 2.24) is 4.90 Å². The van der Waals surface area contributed by atoms with Gasteiger partial charge < -0.3 is 4.90 Å². The molecule has 0 bridgehead atoms. The summed E-state index contributed by atoms with van der Waals surface area (Å²) in [4.78, 5) is 37.9. The van der Waals surface area contributed by atoms with Crippen molar-refractivity contribution in [3.63, 3.8) is 0 Å². The van der Waals surface area contributed by atoms with E-state index in [0.29, 0.717) is 29.2 Å². The van der Waals surface area contributed by atoms with Crippen LogP contribution in [-0.4, -0.2) is 57.4 Å². The van der Waals surface area contributed by atoms with Crippen molar-refractivity contribution in [2.24, 2.45) is 0 Å². The summed E-state index contributed by atoms with van der Waals surface area (Å²) < 4.78 is 102. The number of anilines is 1. The highest BCUT2D eigenvalue weighted by atomic mass is 32.2. The van der Waals surface area contributed by atoms with Crippen molar-refractivity contribution >= 4 is 35.1 Å². The van der Waals surface area contributed by atoms with Gasteiger partial charge in [0.15, 0.2) is 0 Å². The fourth-order valence-electron chi connectivity index (χ4n) is 4.66. The van der Waals surface area contributed by atoms with Crippen LogP contribution in [0, 0.1) is 10.1 Å². The minimum Gasteiger partial charge on any atom is -0.310 e. The Morgan fingerprint density at radius 3 is 1.91 bits per heavy atom. The molecule has 0 saturated carbocycles. The Bertz CT molecular complexity index is 1130. The monoisotopic (exact) mass is 649 g/mol. The molecule has 0 aromatic heterocycles. The lowest BCUT2D eigenvalue weighted by Crippen LogP contribution is -2.44. The largest absolute Gasteiger partial charge is 0.453 e. The Morgan fingerprint density at radius 1 is 0.837 bits per heavy atom. The van der Waals surface area contributed by atoms with Gasteiger partial charge in [0.2, 0.25) is 0 Å². The lowest BCUT2D eigenvalue weighted by molar-refractivity contribution is -0.388. The van der Waals surface area contributed by atoms with Crippen molar-refractivity contribution < 1.29 is 49.6 Å². The van der Waals surface area contributed by atoms with E-state index in [2.05, 4.69) is 0 Å². The number of hydrogen-bond acceptors (Lipinski definition) is 5. The summed E-state index contributed by atoms with van der Waals surface area (Å²) in [6, 6.07) is 1.21. The number of imide groups is 1. The van der Waals surface area contributed by atoms with E-state index in [1.807, 2.05) is 0 Å². The zero-order valence-corrected chi connectivity index (χ0v) is 24.6. The summed E-state index contributed by atoms with van der Waals surface area (Å²) in [7, 11) is 0. The maximum atomic E-state index is 13.4. The van der Waals surface area contributed by atoms with Crippen LogP contribution in [0.15, 0.2) is 18.2 Å². The van der Waals surface area contributed by atoms with Gasteiger partial charge >= 0.3 is 24.3 Å². The molecule has 1 aliphatic rings. The zero-order chi connectivity index (χ0) is 32.6. The molecule has 3 amide bonds. The molecule has 0 radical (unpaired) electrons. The van der Waals surface area contributed by atoms with Crippen LogP contribution >= 0.6 is 11.8 Å². The number of thioether (sulfide) groups is 1. The number of alkyl halides is 8. The molecular formula is C27H35F8N3O4S. The molecule has 16 heteroatoms. The normalized spacial score (nSPS) is 16.0. The number of amides is 3. The van der Waals surface area contributed by atoms with E-state index in [1.54, 1.807) is 0 Å². The topological polar surface area (TPSA) is 83.8 Å². The van der Waals surface area contributed by atoms with Crippen LogP contribution in [0.5, 0.6) is 0 Å². The number of urea groups is 1. The first-order valence-electron chi connectivity index (χ1n) is 13.9. The second-order valence-corrected chi connectivity index (χ2v) is 12.1. The van der Waals surface area contributed by atoms with Gasteiger partial charge in [0, 0.05) is 19.0 Å². The number of nitrogens with zero attached hydrogens (tertiary/aromatic N) is 3. The first kappa shape index (κ1) is 36.5. The maximum Gasteiger partial charge on any atom is 0.453 e. The Labute approximate surface area is 248 Å². The van der Waals surface area contributed by atoms with Gasteiger partial charge in [0.05, 0.1) is 10.6 Å². The Hall–Kier alpha value is -2.65. The molecule has 1 fully saturated rings. The van der Waals surface area contributed by atoms with Gasteiger partial charge in [-0.25, -0.2) is 9.69 Å². The van der Waals surface area contributed by atoms with E-state index in [0.717, 1.165) is 51.0 Å². The van der Waals surface area contributed by atoms with Crippen LogP contribution in [0.4, 0.5) is 51.3 Å². The van der Waals surface area contributed by atoms with E-state index in [4.69, 9.17) is 0 Å². The third kappa shape index (κ3) is 9.67. The molecule has 1 aliphatic heterocycles. The fourth-order valence-corrected chi connectivity index (χ4v) is 5.62. The van der Waals surface area contributed by atoms with Crippen LogP contribution in [0.1, 0.15) is 83.6 Å². The standard InChI is InChI=1S/C27H35F8N3O4S/c1-24(2)22(39)37(19-12-13-21(38(41)42)20(18-19)26(30,31)32)23(40)36(24)15-9-7-5-3-4-6-8-10-16-43-17-11-14-25(28,29)27(33,34)35/h12-13,18H,3-11,14-17H2,1-2H3. The van der Waals surface area contributed by atoms with Crippen molar-refractivity contribution in [2.75, 3.05) is 23.0 Å². The highest BCUT2D eigenvalue weighted by Gasteiger charge is 2.56. The molecule has 1 saturated heterocycles. The van der Waals surface area contributed by atoms with Gasteiger partial charge in [-0.2, -0.15) is 46.9 Å². The molecule has 7 nitrogen and oxygen atoms in total. The minimum atomic E-state index is -5.51. The molecule has 0 atom stereocenters. The van der Waals surface area contributed by atoms with Crippen molar-refractivity contribution in [3.05, 3.63) is 33.9 Å². The Morgan fingerprint density at radius 2 is 1.37 bits per heavy atom. The predicted molar refractivity (Wildman–Crippen MR) is 146 cm³/mol. The number of nitro groups is 1. The number of hydrogen-bond donors (Lipinski definition) is 0. The van der Waals surface area contributed by atoms with E-state index in [-0.39, 0.29) is 18.7 Å². The number of halogens is 8. The molecule has 0 N–H and O–H groups in total.